The summed E-state index contributed by atoms with van der Waals surface area (Å²) >= 11 is 0. The van der Waals surface area contributed by atoms with E-state index in [-0.39, 0.29) is 30.5 Å². The molecule has 0 bridgehead atoms. The summed E-state index contributed by atoms with van der Waals surface area (Å²) in [7, 11) is 0. The number of piperidine rings is 1. The van der Waals surface area contributed by atoms with E-state index in [1.807, 2.05) is 6.92 Å². The monoisotopic (exact) mass is 262 g/mol. The molecule has 1 aliphatic rings. The minimum atomic E-state index is -0.155. The molecule has 2 amide bonds. The lowest BCUT2D eigenvalue weighted by atomic mass is 9.99. The van der Waals surface area contributed by atoms with E-state index in [2.05, 4.69) is 10.6 Å². The second-order valence-corrected chi connectivity index (χ2v) is 4.83. The van der Waals surface area contributed by atoms with Crippen LogP contribution in [0, 0.1) is 0 Å². The first kappa shape index (κ1) is 13.5. The van der Waals surface area contributed by atoms with Crippen molar-refractivity contribution in [3.63, 3.8) is 0 Å². The topological polar surface area (TPSA) is 78.4 Å². The van der Waals surface area contributed by atoms with Crippen LogP contribution in [0.4, 0.5) is 0 Å². The van der Waals surface area contributed by atoms with Crippen LogP contribution in [0.2, 0.25) is 0 Å². The molecule has 1 aromatic carbocycles. The Kier molecular flexibility index (Phi) is 4.16. The number of aliphatic hydroxyl groups is 1. The molecule has 0 saturated carbocycles. The van der Waals surface area contributed by atoms with Crippen molar-refractivity contribution in [2.45, 2.75) is 38.5 Å². The molecule has 0 aromatic heterocycles. The summed E-state index contributed by atoms with van der Waals surface area (Å²) in [5.74, 6) is -0.122. The highest BCUT2D eigenvalue weighted by Crippen LogP contribution is 2.11. The van der Waals surface area contributed by atoms with Crippen molar-refractivity contribution < 1.29 is 14.7 Å². The molecule has 1 heterocycles. The second-order valence-electron chi connectivity index (χ2n) is 4.83. The maximum absolute atomic E-state index is 12.1. The van der Waals surface area contributed by atoms with Crippen LogP contribution in [0.5, 0.6) is 0 Å². The van der Waals surface area contributed by atoms with Gasteiger partial charge in [0.25, 0.3) is 5.91 Å². The van der Waals surface area contributed by atoms with Crippen LogP contribution in [0.1, 0.15) is 35.7 Å². The number of nitrogens with one attached hydrogen (secondary N) is 2. The molecular formula is C14H18N2O3. The van der Waals surface area contributed by atoms with Gasteiger partial charge in [-0.2, -0.15) is 0 Å². The standard InChI is InChI=1S/C14H18N2O3/c1-9-12(6-7-13(18)15-9)16-14(19)11-4-2-10(8-17)3-5-11/h2-5,9,12,17H,6-8H2,1H3,(H,15,18)(H,16,19). The average molecular weight is 262 g/mol. The van der Waals surface area contributed by atoms with Gasteiger partial charge >= 0.3 is 0 Å². The Bertz CT molecular complexity index is 470. The maximum atomic E-state index is 12.1. The Morgan fingerprint density at radius 2 is 2.11 bits per heavy atom. The molecule has 0 radical (unpaired) electrons. The summed E-state index contributed by atoms with van der Waals surface area (Å²) < 4.78 is 0. The summed E-state index contributed by atoms with van der Waals surface area (Å²) in [5.41, 5.74) is 1.33. The van der Waals surface area contributed by atoms with Gasteiger partial charge in [0.2, 0.25) is 5.91 Å². The van der Waals surface area contributed by atoms with Crippen molar-refractivity contribution in [2.75, 3.05) is 0 Å². The zero-order chi connectivity index (χ0) is 13.8. The first-order valence-corrected chi connectivity index (χ1v) is 6.40. The van der Waals surface area contributed by atoms with Crippen molar-refractivity contribution in [3.05, 3.63) is 35.4 Å². The molecule has 0 aliphatic carbocycles. The van der Waals surface area contributed by atoms with Crippen molar-refractivity contribution in [3.8, 4) is 0 Å². The van der Waals surface area contributed by atoms with Gasteiger partial charge in [-0.05, 0) is 31.0 Å². The van der Waals surface area contributed by atoms with E-state index in [9.17, 15) is 9.59 Å². The molecule has 5 heteroatoms. The van der Waals surface area contributed by atoms with Crippen LogP contribution >= 0.6 is 0 Å². The molecule has 1 aromatic rings. The fraction of sp³-hybridized carbons (Fsp3) is 0.429. The van der Waals surface area contributed by atoms with Crippen LogP contribution in [0.15, 0.2) is 24.3 Å². The molecule has 0 spiro atoms. The molecule has 1 fully saturated rings. The van der Waals surface area contributed by atoms with Gasteiger partial charge in [-0.1, -0.05) is 12.1 Å². The highest BCUT2D eigenvalue weighted by molar-refractivity contribution is 5.94. The van der Waals surface area contributed by atoms with Crippen LogP contribution in [0.25, 0.3) is 0 Å². The van der Waals surface area contributed by atoms with Gasteiger partial charge in [0.1, 0.15) is 0 Å². The van der Waals surface area contributed by atoms with Crippen LogP contribution in [-0.4, -0.2) is 29.0 Å². The minimum absolute atomic E-state index is 0.0327. The lowest BCUT2D eigenvalue weighted by Crippen LogP contribution is -2.53. The number of aliphatic hydroxyl groups excluding tert-OH is 1. The van der Waals surface area contributed by atoms with Gasteiger partial charge in [-0.3, -0.25) is 9.59 Å². The lowest BCUT2D eigenvalue weighted by Gasteiger charge is -2.30. The van der Waals surface area contributed by atoms with Gasteiger partial charge < -0.3 is 15.7 Å². The molecule has 3 N–H and O–H groups in total. The number of hydrogen-bond acceptors (Lipinski definition) is 3. The average Bonchev–Trinajstić information content (AvgIpc) is 2.42. The summed E-state index contributed by atoms with van der Waals surface area (Å²) in [5, 5.41) is 14.7. The number of carbonyl (C=O) groups excluding carboxylic acids is 2. The molecule has 2 unspecified atom stereocenters. The third-order valence-electron chi connectivity index (χ3n) is 3.39. The van der Waals surface area contributed by atoms with E-state index in [4.69, 9.17) is 5.11 Å². The first-order chi connectivity index (χ1) is 9.10. The van der Waals surface area contributed by atoms with Crippen molar-refractivity contribution in [2.24, 2.45) is 0 Å². The lowest BCUT2D eigenvalue weighted by molar-refractivity contribution is -0.123. The highest BCUT2D eigenvalue weighted by Gasteiger charge is 2.26. The fourth-order valence-electron chi connectivity index (χ4n) is 2.17. The van der Waals surface area contributed by atoms with Crippen LogP contribution in [-0.2, 0) is 11.4 Å². The summed E-state index contributed by atoms with van der Waals surface area (Å²) in [4.78, 5) is 23.3. The normalized spacial score (nSPS) is 22.7. The third-order valence-corrected chi connectivity index (χ3v) is 3.39. The number of hydrogen-bond donors (Lipinski definition) is 3. The third kappa shape index (κ3) is 3.32. The van der Waals surface area contributed by atoms with Crippen LogP contribution < -0.4 is 10.6 Å². The largest absolute Gasteiger partial charge is 0.392 e. The molecule has 1 aliphatic heterocycles. The zero-order valence-electron chi connectivity index (χ0n) is 10.8. The highest BCUT2D eigenvalue weighted by atomic mass is 16.3. The quantitative estimate of drug-likeness (QED) is 0.745. The number of carbonyl (C=O) groups is 2. The number of rotatable bonds is 3. The predicted molar refractivity (Wildman–Crippen MR) is 70.5 cm³/mol. The van der Waals surface area contributed by atoms with Gasteiger partial charge in [0.05, 0.1) is 6.61 Å². The van der Waals surface area contributed by atoms with E-state index in [0.29, 0.717) is 18.4 Å². The summed E-state index contributed by atoms with van der Waals surface area (Å²) in [6.45, 7) is 1.85. The minimum Gasteiger partial charge on any atom is -0.392 e. The van der Waals surface area contributed by atoms with Crippen molar-refractivity contribution >= 4 is 11.8 Å². The molecule has 19 heavy (non-hydrogen) atoms. The van der Waals surface area contributed by atoms with Gasteiger partial charge in [-0.15, -0.1) is 0 Å². The van der Waals surface area contributed by atoms with Gasteiger partial charge in [0, 0.05) is 24.1 Å². The number of benzene rings is 1. The van der Waals surface area contributed by atoms with Gasteiger partial charge in [-0.25, -0.2) is 0 Å². The molecule has 2 atom stereocenters. The van der Waals surface area contributed by atoms with Crippen LogP contribution in [0.3, 0.4) is 0 Å². The Labute approximate surface area is 112 Å². The van der Waals surface area contributed by atoms with E-state index in [0.717, 1.165) is 5.56 Å². The van der Waals surface area contributed by atoms with E-state index < -0.39 is 0 Å². The Morgan fingerprint density at radius 1 is 1.42 bits per heavy atom. The molecule has 5 nitrogen and oxygen atoms in total. The molecule has 1 saturated heterocycles. The fourth-order valence-corrected chi connectivity index (χ4v) is 2.17. The van der Waals surface area contributed by atoms with E-state index in [1.54, 1.807) is 24.3 Å². The van der Waals surface area contributed by atoms with Gasteiger partial charge in [0.15, 0.2) is 0 Å². The summed E-state index contributed by atoms with van der Waals surface area (Å²) in [6.07, 6.45) is 1.10. The summed E-state index contributed by atoms with van der Waals surface area (Å²) in [6, 6.07) is 6.73. The Hall–Kier alpha value is -1.88. The molecule has 102 valence electrons. The maximum Gasteiger partial charge on any atom is 0.251 e. The Balaban J connectivity index is 1.98. The van der Waals surface area contributed by atoms with Crippen molar-refractivity contribution in [1.29, 1.82) is 0 Å². The Morgan fingerprint density at radius 3 is 2.68 bits per heavy atom. The number of amides is 2. The molecule has 2 rings (SSSR count). The first-order valence-electron chi connectivity index (χ1n) is 6.40. The smallest absolute Gasteiger partial charge is 0.251 e. The molecular weight excluding hydrogens is 244 g/mol. The second kappa shape index (κ2) is 5.84. The van der Waals surface area contributed by atoms with E-state index >= 15 is 0 Å². The zero-order valence-corrected chi connectivity index (χ0v) is 10.8. The van der Waals surface area contributed by atoms with E-state index in [1.165, 1.54) is 0 Å². The van der Waals surface area contributed by atoms with Crippen molar-refractivity contribution in [1.82, 2.24) is 10.6 Å². The SMILES string of the molecule is CC1NC(=O)CCC1NC(=O)c1ccc(CO)cc1. The predicted octanol–water partition coefficient (Wildman–Crippen LogP) is 0.576.